The van der Waals surface area contributed by atoms with Gasteiger partial charge in [-0.15, -0.1) is 0 Å². The van der Waals surface area contributed by atoms with Crippen molar-refractivity contribution in [1.82, 2.24) is 24.3 Å². The van der Waals surface area contributed by atoms with Crippen molar-refractivity contribution in [3.8, 4) is 0 Å². The number of anilines is 1. The van der Waals surface area contributed by atoms with Gasteiger partial charge in [0.05, 0.1) is 23.8 Å². The summed E-state index contributed by atoms with van der Waals surface area (Å²) in [5.41, 5.74) is -0.293. The third-order valence-electron chi connectivity index (χ3n) is 3.27. The number of aryl methyl sites for hydroxylation is 2. The van der Waals surface area contributed by atoms with Crippen LogP contribution in [0.4, 0.5) is 18.9 Å². The number of hydrogen-bond donors (Lipinski definition) is 1. The van der Waals surface area contributed by atoms with Gasteiger partial charge in [0.2, 0.25) is 0 Å². The Hall–Kier alpha value is -2.91. The minimum absolute atomic E-state index is 0.105. The van der Waals surface area contributed by atoms with E-state index in [1.54, 1.807) is 11.6 Å². The highest BCUT2D eigenvalue weighted by atomic mass is 19.4. The average Bonchev–Trinajstić information content (AvgIpc) is 3.02. The SMILES string of the molecule is Cn1ncc(NC(=O)c2cnc3c(c2)ncn3C)c1C(F)(F)F. The fourth-order valence-electron chi connectivity index (χ4n) is 2.20. The predicted octanol–water partition coefficient (Wildman–Crippen LogP) is 1.97. The molecule has 0 aliphatic carbocycles. The lowest BCUT2D eigenvalue weighted by Gasteiger charge is -2.10. The van der Waals surface area contributed by atoms with E-state index in [2.05, 4.69) is 20.4 Å². The van der Waals surface area contributed by atoms with E-state index in [-0.39, 0.29) is 5.56 Å². The molecule has 3 aromatic rings. The molecule has 0 atom stereocenters. The molecule has 0 unspecified atom stereocenters. The van der Waals surface area contributed by atoms with Gasteiger partial charge in [0.15, 0.2) is 11.3 Å². The van der Waals surface area contributed by atoms with Crippen molar-refractivity contribution < 1.29 is 18.0 Å². The summed E-state index contributed by atoms with van der Waals surface area (Å²) in [7, 11) is 2.90. The van der Waals surface area contributed by atoms with Gasteiger partial charge in [-0.1, -0.05) is 0 Å². The lowest BCUT2D eigenvalue weighted by Crippen LogP contribution is -2.18. The van der Waals surface area contributed by atoms with Crippen LogP contribution in [-0.4, -0.2) is 30.2 Å². The second-order valence-corrected chi connectivity index (χ2v) is 4.90. The van der Waals surface area contributed by atoms with E-state index in [4.69, 9.17) is 0 Å². The Morgan fingerprint density at radius 3 is 2.65 bits per heavy atom. The first-order valence-corrected chi connectivity index (χ1v) is 6.45. The van der Waals surface area contributed by atoms with E-state index >= 15 is 0 Å². The summed E-state index contributed by atoms with van der Waals surface area (Å²) in [5.74, 6) is -0.719. The van der Waals surface area contributed by atoms with Gasteiger partial charge in [0.25, 0.3) is 5.91 Å². The van der Waals surface area contributed by atoms with E-state index in [1.807, 2.05) is 0 Å². The van der Waals surface area contributed by atoms with Crippen LogP contribution < -0.4 is 5.32 Å². The molecule has 1 N–H and O–H groups in total. The fraction of sp³-hybridized carbons (Fsp3) is 0.231. The molecule has 120 valence electrons. The molecule has 23 heavy (non-hydrogen) atoms. The third-order valence-corrected chi connectivity index (χ3v) is 3.27. The third kappa shape index (κ3) is 2.62. The van der Waals surface area contributed by atoms with Crippen LogP contribution in [0.3, 0.4) is 0 Å². The molecule has 0 spiro atoms. The fourth-order valence-corrected chi connectivity index (χ4v) is 2.20. The Labute approximate surface area is 127 Å². The highest BCUT2D eigenvalue weighted by Gasteiger charge is 2.38. The van der Waals surface area contributed by atoms with Crippen LogP contribution in [0.15, 0.2) is 24.8 Å². The van der Waals surface area contributed by atoms with Crippen molar-refractivity contribution in [2.75, 3.05) is 5.32 Å². The summed E-state index contributed by atoms with van der Waals surface area (Å²) in [6.07, 6.45) is -0.865. The number of nitrogens with one attached hydrogen (secondary N) is 1. The molecule has 0 radical (unpaired) electrons. The lowest BCUT2D eigenvalue weighted by atomic mass is 10.2. The van der Waals surface area contributed by atoms with Crippen molar-refractivity contribution >= 4 is 22.8 Å². The molecule has 0 fully saturated rings. The van der Waals surface area contributed by atoms with E-state index in [0.29, 0.717) is 15.8 Å². The van der Waals surface area contributed by atoms with Crippen molar-refractivity contribution in [3.05, 3.63) is 36.0 Å². The van der Waals surface area contributed by atoms with Crippen LogP contribution in [0.2, 0.25) is 0 Å². The van der Waals surface area contributed by atoms with Crippen LogP contribution in [0.5, 0.6) is 0 Å². The first-order chi connectivity index (χ1) is 10.8. The van der Waals surface area contributed by atoms with E-state index in [9.17, 15) is 18.0 Å². The van der Waals surface area contributed by atoms with Gasteiger partial charge in [-0.3, -0.25) is 9.48 Å². The highest BCUT2D eigenvalue weighted by molar-refractivity contribution is 6.05. The van der Waals surface area contributed by atoms with Crippen LogP contribution in [0, 0.1) is 0 Å². The molecule has 0 aromatic carbocycles. The summed E-state index contributed by atoms with van der Waals surface area (Å²) >= 11 is 0. The zero-order valence-corrected chi connectivity index (χ0v) is 12.1. The molecule has 3 rings (SSSR count). The van der Waals surface area contributed by atoms with Gasteiger partial charge in [0, 0.05) is 20.3 Å². The molecule has 3 heterocycles. The Kier molecular flexibility index (Phi) is 3.31. The topological polar surface area (TPSA) is 77.6 Å². The van der Waals surface area contributed by atoms with Crippen molar-refractivity contribution in [1.29, 1.82) is 0 Å². The van der Waals surface area contributed by atoms with Crippen LogP contribution >= 0.6 is 0 Å². The van der Waals surface area contributed by atoms with Crippen LogP contribution in [-0.2, 0) is 20.3 Å². The molecule has 0 aliphatic rings. The maximum Gasteiger partial charge on any atom is 0.435 e. The molecule has 3 aromatic heterocycles. The summed E-state index contributed by atoms with van der Waals surface area (Å²) in [5, 5.41) is 5.74. The summed E-state index contributed by atoms with van der Waals surface area (Å²) in [4.78, 5) is 20.3. The number of nitrogens with zero attached hydrogens (tertiary/aromatic N) is 5. The molecule has 0 saturated heterocycles. The quantitative estimate of drug-likeness (QED) is 0.782. The van der Waals surface area contributed by atoms with Gasteiger partial charge in [0.1, 0.15) is 5.52 Å². The molecule has 0 bridgehead atoms. The zero-order valence-electron chi connectivity index (χ0n) is 12.1. The van der Waals surface area contributed by atoms with Crippen molar-refractivity contribution in [2.45, 2.75) is 6.18 Å². The predicted molar refractivity (Wildman–Crippen MR) is 74.7 cm³/mol. The summed E-state index contributed by atoms with van der Waals surface area (Å²) in [6.45, 7) is 0. The van der Waals surface area contributed by atoms with Gasteiger partial charge >= 0.3 is 6.18 Å². The van der Waals surface area contributed by atoms with Gasteiger partial charge in [-0.05, 0) is 6.07 Å². The largest absolute Gasteiger partial charge is 0.435 e. The Bertz CT molecular complexity index is 895. The van der Waals surface area contributed by atoms with E-state index < -0.39 is 23.5 Å². The Morgan fingerprint density at radius 1 is 1.22 bits per heavy atom. The second-order valence-electron chi connectivity index (χ2n) is 4.90. The lowest BCUT2D eigenvalue weighted by molar-refractivity contribution is -0.143. The number of aromatic nitrogens is 5. The maximum absolute atomic E-state index is 13.0. The minimum Gasteiger partial charge on any atom is -0.319 e. The number of imidazole rings is 1. The number of rotatable bonds is 2. The number of carbonyl (C=O) groups excluding carboxylic acids is 1. The minimum atomic E-state index is -4.63. The van der Waals surface area contributed by atoms with Crippen molar-refractivity contribution in [2.24, 2.45) is 14.1 Å². The number of hydrogen-bond acceptors (Lipinski definition) is 4. The van der Waals surface area contributed by atoms with E-state index in [1.165, 1.54) is 18.6 Å². The first kappa shape index (κ1) is 15.0. The smallest absolute Gasteiger partial charge is 0.319 e. The van der Waals surface area contributed by atoms with Crippen molar-refractivity contribution in [3.63, 3.8) is 0 Å². The molecule has 0 aliphatic heterocycles. The summed E-state index contributed by atoms with van der Waals surface area (Å²) < 4.78 is 41.2. The molecule has 0 saturated carbocycles. The maximum atomic E-state index is 13.0. The van der Waals surface area contributed by atoms with Gasteiger partial charge < -0.3 is 9.88 Å². The van der Waals surface area contributed by atoms with Gasteiger partial charge in [-0.2, -0.15) is 18.3 Å². The van der Waals surface area contributed by atoms with Crippen LogP contribution in [0.25, 0.3) is 11.2 Å². The van der Waals surface area contributed by atoms with Gasteiger partial charge in [-0.25, -0.2) is 9.97 Å². The molecule has 1 amide bonds. The number of alkyl halides is 3. The molecular weight excluding hydrogens is 313 g/mol. The standard InChI is InChI=1S/C13H11F3N6O/c1-21-6-18-8-3-7(4-17-11(8)21)12(23)20-9-5-19-22(2)10(9)13(14,15)16/h3-6H,1-2H3,(H,20,23). The summed E-state index contributed by atoms with van der Waals surface area (Å²) in [6, 6.07) is 1.46. The Balaban J connectivity index is 1.92. The Morgan fingerprint density at radius 2 is 1.96 bits per heavy atom. The number of amides is 1. The second kappa shape index (κ2) is 5.07. The molecular formula is C13H11F3N6O. The monoisotopic (exact) mass is 324 g/mol. The molecule has 7 nitrogen and oxygen atoms in total. The normalized spacial score (nSPS) is 11.9. The number of halogens is 3. The highest BCUT2D eigenvalue weighted by Crippen LogP contribution is 2.34. The number of fused-ring (bicyclic) bond motifs is 1. The average molecular weight is 324 g/mol. The number of pyridine rings is 1. The van der Waals surface area contributed by atoms with Crippen LogP contribution in [0.1, 0.15) is 16.1 Å². The number of carbonyl (C=O) groups is 1. The molecule has 10 heteroatoms. The zero-order chi connectivity index (χ0) is 16.8. The van der Waals surface area contributed by atoms with E-state index in [0.717, 1.165) is 13.2 Å². The first-order valence-electron chi connectivity index (χ1n) is 6.45.